The normalized spacial score (nSPS) is 33.2. The van der Waals surface area contributed by atoms with Gasteiger partial charge in [0.15, 0.2) is 0 Å². The molecule has 1 heterocycles. The van der Waals surface area contributed by atoms with Gasteiger partial charge in [-0.25, -0.2) is 0 Å². The van der Waals surface area contributed by atoms with Crippen molar-refractivity contribution in [2.75, 3.05) is 6.54 Å². The zero-order valence-electron chi connectivity index (χ0n) is 11.1. The van der Waals surface area contributed by atoms with Gasteiger partial charge in [-0.2, -0.15) is 0 Å². The number of hydrogen-bond donors (Lipinski definition) is 1. The summed E-state index contributed by atoms with van der Waals surface area (Å²) in [7, 11) is 0. The molecule has 2 heteroatoms. The lowest BCUT2D eigenvalue weighted by Gasteiger charge is -2.21. The molecule has 1 N–H and O–H groups in total. The van der Waals surface area contributed by atoms with Crippen LogP contribution < -0.4 is 5.32 Å². The Bertz CT molecular complexity index is 415. The maximum absolute atomic E-state index is 3.73. The minimum Gasteiger partial charge on any atom is -0.312 e. The first-order valence-electron chi connectivity index (χ1n) is 7.69. The molecular formula is C16H23NS. The first-order chi connectivity index (χ1) is 8.88. The fourth-order valence-corrected chi connectivity index (χ4v) is 5.72. The minimum absolute atomic E-state index is 0.996. The molecule has 0 aliphatic heterocycles. The standard InChI is InChI=1S/C16H23NS/c1-2-13-8-15(18-16(13)3-1)10-17-9-14-7-11-4-5-12(14)6-11/h8,11-12,14,17H,1-7,9-10H2. The van der Waals surface area contributed by atoms with E-state index in [4.69, 9.17) is 0 Å². The average molecular weight is 261 g/mol. The molecule has 1 nitrogen and oxygen atoms in total. The van der Waals surface area contributed by atoms with Gasteiger partial charge in [0, 0.05) is 16.3 Å². The van der Waals surface area contributed by atoms with Crippen molar-refractivity contribution in [3.63, 3.8) is 0 Å². The number of aryl methyl sites for hydroxylation is 2. The van der Waals surface area contributed by atoms with E-state index in [1.165, 1.54) is 45.1 Å². The Morgan fingerprint density at radius 3 is 3.00 bits per heavy atom. The van der Waals surface area contributed by atoms with Crippen molar-refractivity contribution >= 4 is 11.3 Å². The van der Waals surface area contributed by atoms with Crippen LogP contribution in [0, 0.1) is 17.8 Å². The van der Waals surface area contributed by atoms with Crippen molar-refractivity contribution in [1.82, 2.24) is 5.32 Å². The Hall–Kier alpha value is -0.340. The minimum atomic E-state index is 0.996. The molecule has 3 atom stereocenters. The molecule has 0 radical (unpaired) electrons. The Balaban J connectivity index is 1.28. The van der Waals surface area contributed by atoms with Gasteiger partial charge < -0.3 is 5.32 Å². The molecule has 1 aromatic heterocycles. The van der Waals surface area contributed by atoms with E-state index in [0.29, 0.717) is 0 Å². The molecule has 3 aliphatic rings. The van der Waals surface area contributed by atoms with Gasteiger partial charge in [-0.05, 0) is 74.5 Å². The molecule has 2 bridgehead atoms. The molecule has 1 aromatic rings. The summed E-state index contributed by atoms with van der Waals surface area (Å²) in [6.45, 7) is 2.38. The highest BCUT2D eigenvalue weighted by molar-refractivity contribution is 7.12. The number of thiophene rings is 1. The molecule has 3 aliphatic carbocycles. The molecule has 0 amide bonds. The highest BCUT2D eigenvalue weighted by Gasteiger charge is 2.38. The van der Waals surface area contributed by atoms with E-state index in [-0.39, 0.29) is 0 Å². The van der Waals surface area contributed by atoms with Crippen LogP contribution in [0.3, 0.4) is 0 Å². The van der Waals surface area contributed by atoms with E-state index in [1.807, 2.05) is 0 Å². The van der Waals surface area contributed by atoms with Crippen molar-refractivity contribution in [3.8, 4) is 0 Å². The Kier molecular flexibility index (Phi) is 2.96. The molecule has 3 unspecified atom stereocenters. The van der Waals surface area contributed by atoms with Crippen LogP contribution in [-0.4, -0.2) is 6.54 Å². The van der Waals surface area contributed by atoms with Crippen LogP contribution in [0.4, 0.5) is 0 Å². The quantitative estimate of drug-likeness (QED) is 0.870. The van der Waals surface area contributed by atoms with Gasteiger partial charge in [0.2, 0.25) is 0 Å². The monoisotopic (exact) mass is 261 g/mol. The lowest BCUT2D eigenvalue weighted by atomic mass is 9.89. The van der Waals surface area contributed by atoms with E-state index in [9.17, 15) is 0 Å². The van der Waals surface area contributed by atoms with Crippen molar-refractivity contribution < 1.29 is 0 Å². The molecule has 98 valence electrons. The predicted molar refractivity (Wildman–Crippen MR) is 77.0 cm³/mol. The van der Waals surface area contributed by atoms with Crippen LogP contribution in [0.5, 0.6) is 0 Å². The lowest BCUT2D eigenvalue weighted by molar-refractivity contribution is 0.319. The molecule has 4 rings (SSSR count). The number of hydrogen-bond acceptors (Lipinski definition) is 2. The topological polar surface area (TPSA) is 12.0 Å². The number of fused-ring (bicyclic) bond motifs is 3. The molecule has 2 saturated carbocycles. The van der Waals surface area contributed by atoms with Crippen molar-refractivity contribution in [2.45, 2.75) is 51.5 Å². The SMILES string of the molecule is c1c(CNCC2CC3CCC2C3)sc2c1CCC2. The molecule has 2 fully saturated rings. The maximum atomic E-state index is 3.73. The number of nitrogens with one attached hydrogen (secondary N) is 1. The third-order valence-corrected chi connectivity index (χ3v) is 6.63. The van der Waals surface area contributed by atoms with Gasteiger partial charge in [-0.3, -0.25) is 0 Å². The van der Waals surface area contributed by atoms with Gasteiger partial charge in [0.05, 0.1) is 0 Å². The van der Waals surface area contributed by atoms with Crippen LogP contribution in [0.25, 0.3) is 0 Å². The van der Waals surface area contributed by atoms with Crippen LogP contribution in [-0.2, 0) is 19.4 Å². The third kappa shape index (κ3) is 2.04. The summed E-state index contributed by atoms with van der Waals surface area (Å²) in [4.78, 5) is 3.24. The van der Waals surface area contributed by atoms with Crippen molar-refractivity contribution in [2.24, 2.45) is 17.8 Å². The van der Waals surface area contributed by atoms with E-state index >= 15 is 0 Å². The summed E-state index contributed by atoms with van der Waals surface area (Å²) >= 11 is 2.06. The molecular weight excluding hydrogens is 238 g/mol. The zero-order chi connectivity index (χ0) is 11.9. The number of rotatable bonds is 4. The van der Waals surface area contributed by atoms with Gasteiger partial charge in [0.1, 0.15) is 0 Å². The maximum Gasteiger partial charge on any atom is 0.0300 e. The Morgan fingerprint density at radius 2 is 2.22 bits per heavy atom. The largest absolute Gasteiger partial charge is 0.312 e. The summed E-state index contributed by atoms with van der Waals surface area (Å²) in [5, 5.41) is 3.73. The van der Waals surface area contributed by atoms with Crippen LogP contribution >= 0.6 is 11.3 Å². The Labute approximate surface area is 114 Å². The summed E-state index contributed by atoms with van der Waals surface area (Å²) in [6, 6.07) is 2.46. The summed E-state index contributed by atoms with van der Waals surface area (Å²) in [5.41, 5.74) is 1.65. The van der Waals surface area contributed by atoms with Crippen LogP contribution in [0.15, 0.2) is 6.07 Å². The molecule has 0 aromatic carbocycles. The fraction of sp³-hybridized carbons (Fsp3) is 0.750. The van der Waals surface area contributed by atoms with Gasteiger partial charge in [0.25, 0.3) is 0 Å². The highest BCUT2D eigenvalue weighted by Crippen LogP contribution is 2.47. The highest BCUT2D eigenvalue weighted by atomic mass is 32.1. The smallest absolute Gasteiger partial charge is 0.0300 e. The molecule has 18 heavy (non-hydrogen) atoms. The summed E-state index contributed by atoms with van der Waals surface area (Å²) < 4.78 is 0. The summed E-state index contributed by atoms with van der Waals surface area (Å²) in [5.74, 6) is 3.15. The Morgan fingerprint density at radius 1 is 1.22 bits per heavy atom. The average Bonchev–Trinajstić information content (AvgIpc) is 3.07. The van der Waals surface area contributed by atoms with Crippen LogP contribution in [0.2, 0.25) is 0 Å². The van der Waals surface area contributed by atoms with Crippen LogP contribution in [0.1, 0.15) is 47.4 Å². The van der Waals surface area contributed by atoms with E-state index in [1.54, 1.807) is 21.7 Å². The summed E-state index contributed by atoms with van der Waals surface area (Å²) in [6.07, 6.45) is 10.2. The van der Waals surface area contributed by atoms with E-state index in [0.717, 1.165) is 24.3 Å². The lowest BCUT2D eigenvalue weighted by Crippen LogP contribution is -2.25. The first-order valence-corrected chi connectivity index (χ1v) is 8.51. The predicted octanol–water partition coefficient (Wildman–Crippen LogP) is 3.76. The van der Waals surface area contributed by atoms with Gasteiger partial charge in [-0.1, -0.05) is 6.42 Å². The third-order valence-electron chi connectivity index (χ3n) is 5.39. The first kappa shape index (κ1) is 11.5. The van der Waals surface area contributed by atoms with Crippen molar-refractivity contribution in [1.29, 1.82) is 0 Å². The van der Waals surface area contributed by atoms with E-state index in [2.05, 4.69) is 22.7 Å². The second kappa shape index (κ2) is 4.64. The van der Waals surface area contributed by atoms with Gasteiger partial charge in [-0.15, -0.1) is 11.3 Å². The molecule has 0 spiro atoms. The fourth-order valence-electron chi connectivity index (χ4n) is 4.48. The second-order valence-electron chi connectivity index (χ2n) is 6.58. The second-order valence-corrected chi connectivity index (χ2v) is 7.80. The van der Waals surface area contributed by atoms with Gasteiger partial charge >= 0.3 is 0 Å². The molecule has 0 saturated heterocycles. The van der Waals surface area contributed by atoms with Crippen molar-refractivity contribution in [3.05, 3.63) is 21.4 Å². The van der Waals surface area contributed by atoms with E-state index < -0.39 is 0 Å². The zero-order valence-corrected chi connectivity index (χ0v) is 11.9.